The predicted molar refractivity (Wildman–Crippen MR) is 58.9 cm³/mol. The minimum Gasteiger partial charge on any atom is -0.485 e. The van der Waals surface area contributed by atoms with Gasteiger partial charge in [-0.1, -0.05) is 32.9 Å². The van der Waals surface area contributed by atoms with Gasteiger partial charge in [0.25, 0.3) is 0 Å². The first-order chi connectivity index (χ1) is 6.45. The maximum Gasteiger partial charge on any atom is 0.159 e. The van der Waals surface area contributed by atoms with Gasteiger partial charge in [0, 0.05) is 5.16 Å². The average Bonchev–Trinajstić information content (AvgIpc) is 2.45. The van der Waals surface area contributed by atoms with Gasteiger partial charge in [-0.05, 0) is 12.1 Å². The third kappa shape index (κ3) is 1.21. The van der Waals surface area contributed by atoms with Crippen LogP contribution in [0.4, 0.5) is 0 Å². The molecule has 0 N–H and O–H groups in total. The molecule has 1 atom stereocenters. The van der Waals surface area contributed by atoms with E-state index in [-0.39, 0.29) is 5.16 Å². The van der Waals surface area contributed by atoms with Crippen LogP contribution in [0.25, 0.3) is 0 Å². The Bertz CT molecular complexity index is 404. The second kappa shape index (κ2) is 2.87. The molecule has 0 fully saturated rings. The summed E-state index contributed by atoms with van der Waals surface area (Å²) in [6.07, 6.45) is 0.357. The molecule has 0 unspecified atom stereocenters. The molecule has 0 bridgehead atoms. The number of ether oxygens (including phenoxy) is 1. The van der Waals surface area contributed by atoms with E-state index in [0.29, 0.717) is 6.35 Å². The van der Waals surface area contributed by atoms with Crippen molar-refractivity contribution in [2.75, 3.05) is 6.35 Å². The summed E-state index contributed by atoms with van der Waals surface area (Å²) in [4.78, 5) is 0. The zero-order valence-electron chi connectivity index (χ0n) is 8.78. The Morgan fingerprint density at radius 3 is 2.57 bits per heavy atom. The molecule has 0 spiro atoms. The van der Waals surface area contributed by atoms with Crippen molar-refractivity contribution >= 4 is 12.4 Å². The van der Waals surface area contributed by atoms with Gasteiger partial charge >= 0.3 is 0 Å². The zero-order chi connectivity index (χ0) is 10.4. The Morgan fingerprint density at radius 1 is 1.29 bits per heavy atom. The van der Waals surface area contributed by atoms with Crippen molar-refractivity contribution in [1.82, 2.24) is 0 Å². The highest BCUT2D eigenvalue weighted by molar-refractivity contribution is 7.73. The van der Waals surface area contributed by atoms with E-state index in [1.54, 1.807) is 0 Å². The summed E-state index contributed by atoms with van der Waals surface area (Å²) in [5, 5.41) is 0.701. The van der Waals surface area contributed by atoms with E-state index in [0.717, 1.165) is 11.1 Å². The molecular formula is C11H15O2P. The van der Waals surface area contributed by atoms with Crippen molar-refractivity contribution in [1.29, 1.82) is 0 Å². The molecule has 0 saturated carbocycles. The Hall–Kier alpha value is -0.750. The van der Waals surface area contributed by atoms with Crippen LogP contribution in [-0.4, -0.2) is 11.5 Å². The van der Waals surface area contributed by atoms with Gasteiger partial charge in [0.1, 0.15) is 12.1 Å². The molecule has 2 nitrogen and oxygen atoms in total. The highest BCUT2D eigenvalue weighted by atomic mass is 31.2. The van der Waals surface area contributed by atoms with Crippen LogP contribution in [0.2, 0.25) is 0 Å². The van der Waals surface area contributed by atoms with E-state index < -0.39 is 7.14 Å². The highest BCUT2D eigenvalue weighted by Gasteiger charge is 2.44. The zero-order valence-corrected chi connectivity index (χ0v) is 9.67. The number of hydrogen-bond donors (Lipinski definition) is 0. The van der Waals surface area contributed by atoms with Crippen LogP contribution in [0.3, 0.4) is 0 Å². The van der Waals surface area contributed by atoms with E-state index in [2.05, 4.69) is 0 Å². The Balaban J connectivity index is 2.59. The van der Waals surface area contributed by atoms with E-state index >= 15 is 0 Å². The maximum atomic E-state index is 12.7. The van der Waals surface area contributed by atoms with Gasteiger partial charge in [0.2, 0.25) is 0 Å². The first-order valence-electron chi connectivity index (χ1n) is 4.77. The lowest BCUT2D eigenvalue weighted by atomic mass is 10.3. The predicted octanol–water partition coefficient (Wildman–Crippen LogP) is 2.82. The van der Waals surface area contributed by atoms with Gasteiger partial charge in [-0.25, -0.2) is 0 Å². The number of fused-ring (bicyclic) bond motifs is 1. The summed E-state index contributed by atoms with van der Waals surface area (Å²) in [5.74, 6) is 0.797. The van der Waals surface area contributed by atoms with Crippen LogP contribution in [0, 0.1) is 0 Å². The maximum absolute atomic E-state index is 12.7. The number of benzene rings is 1. The molecule has 0 amide bonds. The summed E-state index contributed by atoms with van der Waals surface area (Å²) >= 11 is 0. The van der Waals surface area contributed by atoms with E-state index in [9.17, 15) is 4.57 Å². The largest absolute Gasteiger partial charge is 0.485 e. The number of rotatable bonds is 0. The van der Waals surface area contributed by atoms with Crippen molar-refractivity contribution < 1.29 is 9.30 Å². The quantitative estimate of drug-likeness (QED) is 0.615. The van der Waals surface area contributed by atoms with Gasteiger partial charge < -0.3 is 9.30 Å². The van der Waals surface area contributed by atoms with Crippen molar-refractivity contribution in [2.45, 2.75) is 25.9 Å². The lowest BCUT2D eigenvalue weighted by Gasteiger charge is -2.26. The first-order valence-corrected chi connectivity index (χ1v) is 6.66. The molecule has 0 aliphatic carbocycles. The molecule has 0 radical (unpaired) electrons. The Kier molecular flexibility index (Phi) is 2.01. The van der Waals surface area contributed by atoms with Crippen molar-refractivity contribution in [3.05, 3.63) is 24.3 Å². The lowest BCUT2D eigenvalue weighted by molar-refractivity contribution is 0.389. The fraction of sp³-hybridized carbons (Fsp3) is 0.455. The standard InChI is InChI=1S/C11H15O2P/c1-11(2,3)14(12)8-13-9-6-4-5-7-10(9)14/h4-7H,8H2,1-3H3/t14-/m1/s1. The Morgan fingerprint density at radius 2 is 1.93 bits per heavy atom. The first kappa shape index (κ1) is 9.79. The van der Waals surface area contributed by atoms with Crippen molar-refractivity contribution in [2.24, 2.45) is 0 Å². The van der Waals surface area contributed by atoms with Gasteiger partial charge in [-0.2, -0.15) is 0 Å². The minimum atomic E-state index is -2.37. The molecule has 1 aromatic rings. The third-order valence-corrected chi connectivity index (χ3v) is 6.55. The van der Waals surface area contributed by atoms with Crippen LogP contribution in [0.1, 0.15) is 20.8 Å². The minimum absolute atomic E-state index is 0.209. The number of hydrogen-bond acceptors (Lipinski definition) is 2. The van der Waals surface area contributed by atoms with Crippen LogP contribution >= 0.6 is 7.14 Å². The van der Waals surface area contributed by atoms with E-state index in [1.807, 2.05) is 45.0 Å². The number of para-hydroxylation sites is 1. The van der Waals surface area contributed by atoms with Gasteiger partial charge in [0.05, 0.1) is 5.30 Å². The summed E-state index contributed by atoms with van der Waals surface area (Å²) in [6, 6.07) is 7.65. The molecule has 14 heavy (non-hydrogen) atoms. The molecule has 1 heterocycles. The van der Waals surface area contributed by atoms with Crippen LogP contribution in [0.5, 0.6) is 5.75 Å². The second-order valence-electron chi connectivity index (χ2n) is 4.65. The molecule has 2 rings (SSSR count). The van der Waals surface area contributed by atoms with Crippen LogP contribution < -0.4 is 10.0 Å². The van der Waals surface area contributed by atoms with Gasteiger partial charge in [-0.15, -0.1) is 0 Å². The molecular weight excluding hydrogens is 195 g/mol. The molecule has 1 aliphatic rings. The average molecular weight is 210 g/mol. The van der Waals surface area contributed by atoms with Crippen molar-refractivity contribution in [3.63, 3.8) is 0 Å². The monoisotopic (exact) mass is 210 g/mol. The van der Waals surface area contributed by atoms with Crippen molar-refractivity contribution in [3.8, 4) is 5.75 Å². The fourth-order valence-corrected chi connectivity index (χ4v) is 4.05. The summed E-state index contributed by atoms with van der Waals surface area (Å²) in [7, 11) is -2.37. The molecule has 0 aromatic heterocycles. The summed E-state index contributed by atoms with van der Waals surface area (Å²) in [6.45, 7) is 6.04. The smallest absolute Gasteiger partial charge is 0.159 e. The summed E-state index contributed by atoms with van der Waals surface area (Å²) < 4.78 is 18.2. The van der Waals surface area contributed by atoms with Crippen LogP contribution in [-0.2, 0) is 4.57 Å². The Labute approximate surface area is 84.7 Å². The lowest BCUT2D eigenvalue weighted by Crippen LogP contribution is -2.21. The normalized spacial score (nSPS) is 25.6. The topological polar surface area (TPSA) is 26.3 Å². The molecule has 76 valence electrons. The third-order valence-electron chi connectivity index (χ3n) is 2.74. The molecule has 1 aromatic carbocycles. The molecule has 3 heteroatoms. The molecule has 0 saturated heterocycles. The fourth-order valence-electron chi connectivity index (χ4n) is 1.66. The second-order valence-corrected chi connectivity index (χ2v) is 8.21. The van der Waals surface area contributed by atoms with Crippen LogP contribution in [0.15, 0.2) is 24.3 Å². The van der Waals surface area contributed by atoms with E-state index in [1.165, 1.54) is 0 Å². The van der Waals surface area contributed by atoms with E-state index in [4.69, 9.17) is 4.74 Å². The molecule has 1 aliphatic heterocycles. The highest BCUT2D eigenvalue weighted by Crippen LogP contribution is 2.60. The summed E-state index contributed by atoms with van der Waals surface area (Å²) in [5.41, 5.74) is 0. The van der Waals surface area contributed by atoms with Gasteiger partial charge in [-0.3, -0.25) is 0 Å². The van der Waals surface area contributed by atoms with Gasteiger partial charge in [0.15, 0.2) is 7.14 Å². The SMILES string of the molecule is CC(C)(C)[P@@]1(=O)COc2ccccc21.